The van der Waals surface area contributed by atoms with Gasteiger partial charge in [-0.25, -0.2) is 5.90 Å². The zero-order chi connectivity index (χ0) is 10.1. The van der Waals surface area contributed by atoms with Gasteiger partial charge in [0.2, 0.25) is 0 Å². The van der Waals surface area contributed by atoms with E-state index in [0.717, 1.165) is 11.4 Å². The van der Waals surface area contributed by atoms with E-state index in [2.05, 4.69) is 29.9 Å². The third kappa shape index (κ3) is 2.08. The van der Waals surface area contributed by atoms with Crippen molar-refractivity contribution in [2.75, 3.05) is 6.61 Å². The van der Waals surface area contributed by atoms with Gasteiger partial charge in [-0.3, -0.25) is 4.68 Å². The molecule has 0 radical (unpaired) electrons. The lowest BCUT2D eigenvalue weighted by Crippen LogP contribution is -2.26. The molecule has 2 N–H and O–H groups in total. The highest BCUT2D eigenvalue weighted by Gasteiger charge is 2.24. The Morgan fingerprint density at radius 2 is 2.23 bits per heavy atom. The number of rotatable bonds is 3. The Morgan fingerprint density at radius 1 is 1.62 bits per heavy atom. The van der Waals surface area contributed by atoms with Gasteiger partial charge in [-0.1, -0.05) is 13.8 Å². The monoisotopic (exact) mass is 183 g/mol. The van der Waals surface area contributed by atoms with E-state index in [0.29, 0.717) is 6.61 Å². The predicted octanol–water partition coefficient (Wildman–Crippen LogP) is 0.896. The molecular weight excluding hydrogens is 166 g/mol. The fraction of sp³-hybridized carbons (Fsp3) is 0.667. The van der Waals surface area contributed by atoms with Crippen LogP contribution in [0.25, 0.3) is 0 Å². The SMILES string of the molecule is Cc1cc(C(C)(C)CON)nn1C. The van der Waals surface area contributed by atoms with Crippen molar-refractivity contribution in [3.8, 4) is 0 Å². The Labute approximate surface area is 78.6 Å². The van der Waals surface area contributed by atoms with Crippen LogP contribution in [0.2, 0.25) is 0 Å². The Morgan fingerprint density at radius 3 is 2.62 bits per heavy atom. The predicted molar refractivity (Wildman–Crippen MR) is 51.1 cm³/mol. The van der Waals surface area contributed by atoms with Gasteiger partial charge in [0.1, 0.15) is 0 Å². The molecule has 0 saturated carbocycles. The second-order valence-electron chi connectivity index (χ2n) is 3.99. The highest BCUT2D eigenvalue weighted by molar-refractivity contribution is 5.17. The van der Waals surface area contributed by atoms with E-state index in [9.17, 15) is 0 Å². The number of nitrogens with zero attached hydrogens (tertiary/aromatic N) is 2. The average Bonchev–Trinajstić information content (AvgIpc) is 2.33. The molecule has 0 atom stereocenters. The molecule has 0 aliphatic heterocycles. The minimum Gasteiger partial charge on any atom is -0.304 e. The van der Waals surface area contributed by atoms with Gasteiger partial charge in [0.15, 0.2) is 0 Å². The first-order valence-electron chi connectivity index (χ1n) is 4.30. The molecule has 13 heavy (non-hydrogen) atoms. The van der Waals surface area contributed by atoms with Crippen molar-refractivity contribution in [3.63, 3.8) is 0 Å². The molecule has 0 aliphatic rings. The van der Waals surface area contributed by atoms with Crippen LogP contribution in [0.4, 0.5) is 0 Å². The van der Waals surface area contributed by atoms with Gasteiger partial charge in [0, 0.05) is 18.2 Å². The van der Waals surface area contributed by atoms with Crippen LogP contribution in [0, 0.1) is 6.92 Å². The molecule has 0 aliphatic carbocycles. The summed E-state index contributed by atoms with van der Waals surface area (Å²) in [6.45, 7) is 6.61. The molecule has 1 aromatic rings. The van der Waals surface area contributed by atoms with Crippen molar-refractivity contribution >= 4 is 0 Å². The molecule has 1 heterocycles. The smallest absolute Gasteiger partial charge is 0.0786 e. The first-order chi connectivity index (χ1) is 5.97. The minimum atomic E-state index is -0.124. The summed E-state index contributed by atoms with van der Waals surface area (Å²) in [7, 11) is 1.93. The van der Waals surface area contributed by atoms with Crippen molar-refractivity contribution in [1.82, 2.24) is 9.78 Å². The molecule has 74 valence electrons. The van der Waals surface area contributed by atoms with Gasteiger partial charge in [-0.2, -0.15) is 5.10 Å². The minimum absolute atomic E-state index is 0.124. The first-order valence-corrected chi connectivity index (χ1v) is 4.30. The maximum absolute atomic E-state index is 5.06. The summed E-state index contributed by atoms with van der Waals surface area (Å²) in [5.74, 6) is 5.06. The van der Waals surface area contributed by atoms with Crippen molar-refractivity contribution in [2.45, 2.75) is 26.2 Å². The number of aromatic nitrogens is 2. The molecule has 0 spiro atoms. The summed E-state index contributed by atoms with van der Waals surface area (Å²) < 4.78 is 1.85. The molecule has 0 fully saturated rings. The van der Waals surface area contributed by atoms with E-state index in [1.165, 1.54) is 0 Å². The van der Waals surface area contributed by atoms with Crippen LogP contribution < -0.4 is 5.90 Å². The second-order valence-corrected chi connectivity index (χ2v) is 3.99. The molecule has 1 rings (SSSR count). The average molecular weight is 183 g/mol. The molecule has 4 nitrogen and oxygen atoms in total. The number of nitrogens with two attached hydrogens (primary N) is 1. The van der Waals surface area contributed by atoms with Crippen molar-refractivity contribution in [3.05, 3.63) is 17.5 Å². The summed E-state index contributed by atoms with van der Waals surface area (Å²) in [5, 5.41) is 4.38. The van der Waals surface area contributed by atoms with E-state index in [1.807, 2.05) is 18.7 Å². The van der Waals surface area contributed by atoms with Gasteiger partial charge in [-0.05, 0) is 13.0 Å². The first kappa shape index (κ1) is 10.2. The Bertz CT molecular complexity index is 272. The van der Waals surface area contributed by atoms with Crippen LogP contribution >= 0.6 is 0 Å². The summed E-state index contributed by atoms with van der Waals surface area (Å²) in [5.41, 5.74) is 2.03. The number of aryl methyl sites for hydroxylation is 2. The molecule has 4 heteroatoms. The van der Waals surface area contributed by atoms with E-state index in [1.54, 1.807) is 0 Å². The van der Waals surface area contributed by atoms with Crippen LogP contribution in [0.3, 0.4) is 0 Å². The molecule has 1 aromatic heterocycles. The normalized spacial score (nSPS) is 12.1. The third-order valence-corrected chi connectivity index (χ3v) is 2.25. The zero-order valence-corrected chi connectivity index (χ0v) is 8.66. The molecular formula is C9H17N3O. The van der Waals surface area contributed by atoms with Gasteiger partial charge in [0.25, 0.3) is 0 Å². The van der Waals surface area contributed by atoms with Crippen LogP contribution in [0.1, 0.15) is 25.2 Å². The molecule has 0 unspecified atom stereocenters. The van der Waals surface area contributed by atoms with E-state index >= 15 is 0 Å². The topological polar surface area (TPSA) is 53.1 Å². The maximum atomic E-state index is 5.06. The number of hydrogen-bond acceptors (Lipinski definition) is 3. The quantitative estimate of drug-likeness (QED) is 0.708. The van der Waals surface area contributed by atoms with Gasteiger partial charge < -0.3 is 4.84 Å². The molecule has 0 bridgehead atoms. The summed E-state index contributed by atoms with van der Waals surface area (Å²) in [6, 6.07) is 2.05. The second kappa shape index (κ2) is 3.47. The number of hydrogen-bond donors (Lipinski definition) is 1. The lowest BCUT2D eigenvalue weighted by molar-refractivity contribution is 0.0947. The van der Waals surface area contributed by atoms with Gasteiger partial charge in [0.05, 0.1) is 12.3 Å². The highest BCUT2D eigenvalue weighted by Crippen LogP contribution is 2.21. The van der Waals surface area contributed by atoms with E-state index in [4.69, 9.17) is 5.90 Å². The lowest BCUT2D eigenvalue weighted by atomic mass is 9.90. The summed E-state index contributed by atoms with van der Waals surface area (Å²) in [6.07, 6.45) is 0. The van der Waals surface area contributed by atoms with Crippen LogP contribution in [-0.4, -0.2) is 16.4 Å². The van der Waals surface area contributed by atoms with Crippen LogP contribution in [0.5, 0.6) is 0 Å². The molecule has 0 saturated heterocycles. The maximum Gasteiger partial charge on any atom is 0.0786 e. The lowest BCUT2D eigenvalue weighted by Gasteiger charge is -2.19. The summed E-state index contributed by atoms with van der Waals surface area (Å²) in [4.78, 5) is 4.66. The highest BCUT2D eigenvalue weighted by atomic mass is 16.6. The molecule has 0 aromatic carbocycles. The van der Waals surface area contributed by atoms with E-state index in [-0.39, 0.29) is 5.41 Å². The Hall–Kier alpha value is -0.870. The fourth-order valence-electron chi connectivity index (χ4n) is 1.17. The Kier molecular flexibility index (Phi) is 2.73. The zero-order valence-electron chi connectivity index (χ0n) is 8.66. The molecule has 0 amide bonds. The fourth-order valence-corrected chi connectivity index (χ4v) is 1.17. The Balaban J connectivity index is 2.93. The van der Waals surface area contributed by atoms with Crippen LogP contribution in [-0.2, 0) is 17.3 Å². The van der Waals surface area contributed by atoms with Gasteiger partial charge >= 0.3 is 0 Å². The summed E-state index contributed by atoms with van der Waals surface area (Å²) >= 11 is 0. The third-order valence-electron chi connectivity index (χ3n) is 2.25. The van der Waals surface area contributed by atoms with Crippen molar-refractivity contribution < 1.29 is 4.84 Å². The van der Waals surface area contributed by atoms with Crippen molar-refractivity contribution in [1.29, 1.82) is 0 Å². The van der Waals surface area contributed by atoms with Crippen LogP contribution in [0.15, 0.2) is 6.07 Å². The van der Waals surface area contributed by atoms with Crippen molar-refractivity contribution in [2.24, 2.45) is 12.9 Å². The van der Waals surface area contributed by atoms with Gasteiger partial charge in [-0.15, -0.1) is 0 Å². The largest absolute Gasteiger partial charge is 0.304 e. The standard InChI is InChI=1S/C9H17N3O/c1-7-5-8(11-12(7)4)9(2,3)6-13-10/h5H,6,10H2,1-4H3. The van der Waals surface area contributed by atoms with E-state index < -0.39 is 0 Å².